The largest absolute Gasteiger partial charge is 0.378 e. The van der Waals surface area contributed by atoms with Gasteiger partial charge in [0.15, 0.2) is 0 Å². The Bertz CT molecular complexity index is 1180. The van der Waals surface area contributed by atoms with Gasteiger partial charge in [-0.25, -0.2) is 18.1 Å². The predicted molar refractivity (Wildman–Crippen MR) is 146 cm³/mol. The SMILES string of the molecule is CC.CSN1CCN(c2nc3cc(F)cc(F)c3c(Nc3cncc(N4CCOCC4)c3)c2C)CC1. The third kappa shape index (κ3) is 5.66. The van der Waals surface area contributed by atoms with Gasteiger partial charge < -0.3 is 19.9 Å². The van der Waals surface area contributed by atoms with Crippen LogP contribution in [0.15, 0.2) is 30.6 Å². The zero-order valence-corrected chi connectivity index (χ0v) is 22.2. The summed E-state index contributed by atoms with van der Waals surface area (Å²) >= 11 is 1.73. The number of nitrogens with one attached hydrogen (secondary N) is 1. The van der Waals surface area contributed by atoms with Gasteiger partial charge in [-0.3, -0.25) is 4.98 Å². The number of hydrogen-bond acceptors (Lipinski definition) is 8. The molecule has 0 unspecified atom stereocenters. The molecule has 0 amide bonds. The third-order valence-electron chi connectivity index (χ3n) is 6.39. The highest BCUT2D eigenvalue weighted by atomic mass is 32.2. The van der Waals surface area contributed by atoms with Crippen LogP contribution in [-0.2, 0) is 4.74 Å². The summed E-state index contributed by atoms with van der Waals surface area (Å²) in [5.41, 5.74) is 3.43. The van der Waals surface area contributed by atoms with Crippen molar-refractivity contribution in [3.8, 4) is 0 Å². The summed E-state index contributed by atoms with van der Waals surface area (Å²) in [4.78, 5) is 13.5. The first-order valence-corrected chi connectivity index (χ1v) is 13.6. The number of ether oxygens (including phenoxy) is 1. The molecule has 0 spiro atoms. The molecule has 5 rings (SSSR count). The monoisotopic (exact) mass is 516 g/mol. The minimum absolute atomic E-state index is 0.280. The second-order valence-electron chi connectivity index (χ2n) is 8.47. The van der Waals surface area contributed by atoms with Gasteiger partial charge in [0.2, 0.25) is 0 Å². The van der Waals surface area contributed by atoms with E-state index in [1.165, 1.54) is 6.07 Å². The van der Waals surface area contributed by atoms with Crippen LogP contribution in [0.3, 0.4) is 0 Å². The molecule has 7 nitrogen and oxygen atoms in total. The van der Waals surface area contributed by atoms with Crippen LogP contribution in [0.1, 0.15) is 19.4 Å². The lowest BCUT2D eigenvalue weighted by atomic mass is 10.1. The van der Waals surface area contributed by atoms with Crippen LogP contribution in [0.5, 0.6) is 0 Å². The zero-order chi connectivity index (χ0) is 25.7. The minimum atomic E-state index is -0.638. The smallest absolute Gasteiger partial charge is 0.137 e. The Hall–Kier alpha value is -2.69. The van der Waals surface area contributed by atoms with Gasteiger partial charge in [0, 0.05) is 57.0 Å². The van der Waals surface area contributed by atoms with Crippen molar-refractivity contribution < 1.29 is 13.5 Å². The van der Waals surface area contributed by atoms with Crippen molar-refractivity contribution in [1.29, 1.82) is 0 Å². The van der Waals surface area contributed by atoms with Gasteiger partial charge in [0.05, 0.1) is 53.6 Å². The van der Waals surface area contributed by atoms with Gasteiger partial charge in [0.1, 0.15) is 17.5 Å². The van der Waals surface area contributed by atoms with E-state index >= 15 is 4.39 Å². The van der Waals surface area contributed by atoms with Crippen LogP contribution >= 0.6 is 11.9 Å². The molecule has 10 heteroatoms. The fourth-order valence-corrected chi connectivity index (χ4v) is 5.10. The molecule has 2 fully saturated rings. The van der Waals surface area contributed by atoms with Crippen molar-refractivity contribution >= 4 is 45.7 Å². The fourth-order valence-electron chi connectivity index (χ4n) is 4.57. The lowest BCUT2D eigenvalue weighted by Gasteiger charge is -2.35. The Morgan fingerprint density at radius 3 is 2.36 bits per heavy atom. The summed E-state index contributed by atoms with van der Waals surface area (Å²) in [6, 6.07) is 4.21. The van der Waals surface area contributed by atoms with Crippen molar-refractivity contribution in [3.63, 3.8) is 0 Å². The molecule has 2 aliphatic rings. The van der Waals surface area contributed by atoms with E-state index in [-0.39, 0.29) is 5.39 Å². The highest BCUT2D eigenvalue weighted by Crippen LogP contribution is 2.37. The number of morpholine rings is 1. The number of fused-ring (bicyclic) bond motifs is 1. The minimum Gasteiger partial charge on any atom is -0.378 e. The number of nitrogens with zero attached hydrogens (tertiary/aromatic N) is 5. The second-order valence-corrected chi connectivity index (χ2v) is 9.35. The molecular weight excluding hydrogens is 482 g/mol. The summed E-state index contributed by atoms with van der Waals surface area (Å²) in [5, 5.41) is 3.67. The Balaban J connectivity index is 0.00000148. The van der Waals surface area contributed by atoms with E-state index in [0.29, 0.717) is 24.4 Å². The fraction of sp³-hybridized carbons (Fsp3) is 0.462. The molecular formula is C26H34F2N6OS. The molecule has 0 aliphatic carbocycles. The quantitative estimate of drug-likeness (QED) is 0.463. The highest BCUT2D eigenvalue weighted by Gasteiger charge is 2.24. The number of benzene rings is 1. The molecule has 3 aromatic rings. The molecule has 0 bridgehead atoms. The average molecular weight is 517 g/mol. The zero-order valence-electron chi connectivity index (χ0n) is 21.4. The first kappa shape index (κ1) is 26.4. The molecule has 0 saturated carbocycles. The molecule has 1 aromatic carbocycles. The topological polar surface area (TPSA) is 56.8 Å². The van der Waals surface area contributed by atoms with Crippen molar-refractivity contribution in [1.82, 2.24) is 14.3 Å². The van der Waals surface area contributed by atoms with Gasteiger partial charge in [0.25, 0.3) is 0 Å². The van der Waals surface area contributed by atoms with Crippen molar-refractivity contribution in [3.05, 3.63) is 47.8 Å². The Morgan fingerprint density at radius 1 is 0.944 bits per heavy atom. The van der Waals surface area contributed by atoms with Crippen LogP contribution in [-0.4, -0.2) is 73.0 Å². The lowest BCUT2D eigenvalue weighted by molar-refractivity contribution is 0.122. The average Bonchev–Trinajstić information content (AvgIpc) is 2.92. The van der Waals surface area contributed by atoms with E-state index in [2.05, 4.69) is 30.7 Å². The Morgan fingerprint density at radius 2 is 1.67 bits per heavy atom. The van der Waals surface area contributed by atoms with E-state index in [9.17, 15) is 4.39 Å². The van der Waals surface area contributed by atoms with E-state index in [0.717, 1.165) is 68.1 Å². The van der Waals surface area contributed by atoms with Gasteiger partial charge in [-0.2, -0.15) is 0 Å². The molecule has 194 valence electrons. The third-order valence-corrected chi connectivity index (χ3v) is 7.27. The number of halogens is 2. The van der Waals surface area contributed by atoms with Crippen LogP contribution in [0.2, 0.25) is 0 Å². The summed E-state index contributed by atoms with van der Waals surface area (Å²) < 4.78 is 36.9. The predicted octanol–water partition coefficient (Wildman–Crippen LogP) is 5.22. The van der Waals surface area contributed by atoms with Crippen molar-refractivity contribution in [2.75, 3.05) is 73.9 Å². The van der Waals surface area contributed by atoms with E-state index in [4.69, 9.17) is 9.72 Å². The maximum Gasteiger partial charge on any atom is 0.137 e. The van der Waals surface area contributed by atoms with E-state index in [1.54, 1.807) is 18.1 Å². The van der Waals surface area contributed by atoms with Crippen LogP contribution in [0.4, 0.5) is 31.7 Å². The molecule has 2 aliphatic heterocycles. The molecule has 2 aromatic heterocycles. The van der Waals surface area contributed by atoms with Crippen LogP contribution in [0, 0.1) is 18.6 Å². The van der Waals surface area contributed by atoms with E-state index in [1.807, 2.05) is 33.0 Å². The summed E-state index contributed by atoms with van der Waals surface area (Å²) in [7, 11) is 0. The Kier molecular flexibility index (Phi) is 8.81. The molecule has 1 N–H and O–H groups in total. The van der Waals surface area contributed by atoms with Gasteiger partial charge in [-0.05, 0) is 19.2 Å². The number of aromatic nitrogens is 2. The lowest BCUT2D eigenvalue weighted by Crippen LogP contribution is -2.44. The molecule has 36 heavy (non-hydrogen) atoms. The summed E-state index contributed by atoms with van der Waals surface area (Å²) in [6.07, 6.45) is 5.61. The summed E-state index contributed by atoms with van der Waals surface area (Å²) in [5.74, 6) is -0.524. The number of piperazine rings is 1. The van der Waals surface area contributed by atoms with Crippen LogP contribution in [0.25, 0.3) is 10.9 Å². The second kappa shape index (κ2) is 12.0. The van der Waals surface area contributed by atoms with Gasteiger partial charge >= 0.3 is 0 Å². The van der Waals surface area contributed by atoms with E-state index < -0.39 is 11.6 Å². The van der Waals surface area contributed by atoms with Gasteiger partial charge in [-0.1, -0.05) is 25.8 Å². The molecule has 2 saturated heterocycles. The number of pyridine rings is 2. The number of hydrogen-bond donors (Lipinski definition) is 1. The normalized spacial score (nSPS) is 16.6. The maximum atomic E-state index is 15.1. The maximum absolute atomic E-state index is 15.1. The first-order valence-electron chi connectivity index (χ1n) is 12.4. The summed E-state index contributed by atoms with van der Waals surface area (Å²) in [6.45, 7) is 12.3. The number of rotatable bonds is 5. The van der Waals surface area contributed by atoms with Gasteiger partial charge in [-0.15, -0.1) is 0 Å². The van der Waals surface area contributed by atoms with Crippen molar-refractivity contribution in [2.24, 2.45) is 0 Å². The molecule has 4 heterocycles. The standard InChI is InChI=1S/C24H28F2N6OS.C2H6/c1-16-23(28-18-13-19(15-27-14-18)30-7-9-33-10-8-30)22-20(26)11-17(25)12-21(22)29-24(16)31-3-5-32(34-2)6-4-31;1-2/h11-15H,3-10H2,1-2H3,(H,28,29);1-2H3. The highest BCUT2D eigenvalue weighted by molar-refractivity contribution is 7.96. The molecule has 0 atom stereocenters. The Labute approximate surface area is 216 Å². The first-order chi connectivity index (χ1) is 17.5. The van der Waals surface area contributed by atoms with Crippen molar-refractivity contribution in [2.45, 2.75) is 20.8 Å². The molecule has 0 radical (unpaired) electrons. The number of anilines is 4. The van der Waals surface area contributed by atoms with Crippen LogP contribution < -0.4 is 15.1 Å².